The van der Waals surface area contributed by atoms with Crippen molar-refractivity contribution < 1.29 is 4.74 Å². The summed E-state index contributed by atoms with van der Waals surface area (Å²) in [6, 6.07) is 6.72. The van der Waals surface area contributed by atoms with Crippen LogP contribution in [0, 0.1) is 5.92 Å². The molecule has 5 rings (SSSR count). The van der Waals surface area contributed by atoms with Crippen LogP contribution in [-0.4, -0.2) is 45.0 Å². The predicted molar refractivity (Wildman–Crippen MR) is 119 cm³/mol. The Morgan fingerprint density at radius 3 is 2.83 bits per heavy atom. The van der Waals surface area contributed by atoms with Gasteiger partial charge in [-0.3, -0.25) is 4.68 Å². The summed E-state index contributed by atoms with van der Waals surface area (Å²) < 4.78 is 8.18. The zero-order valence-corrected chi connectivity index (χ0v) is 17.8. The Hall–Kier alpha value is -2.67. The Morgan fingerprint density at radius 1 is 1.17 bits per heavy atom. The average Bonchev–Trinajstić information content (AvgIpc) is 3.38. The van der Waals surface area contributed by atoms with Gasteiger partial charge in [0.1, 0.15) is 6.10 Å². The normalized spacial score (nSPS) is 24.3. The van der Waals surface area contributed by atoms with E-state index >= 15 is 0 Å². The van der Waals surface area contributed by atoms with E-state index in [0.717, 1.165) is 47.5 Å². The van der Waals surface area contributed by atoms with Gasteiger partial charge in [0, 0.05) is 37.4 Å². The lowest BCUT2D eigenvalue weighted by atomic mass is 9.87. The molecule has 1 saturated heterocycles. The molecule has 1 unspecified atom stereocenters. The van der Waals surface area contributed by atoms with E-state index in [9.17, 15) is 0 Å². The number of rotatable bonds is 5. The van der Waals surface area contributed by atoms with Gasteiger partial charge in [0.25, 0.3) is 0 Å². The monoisotopic (exact) mass is 406 g/mol. The summed E-state index contributed by atoms with van der Waals surface area (Å²) in [6.45, 7) is 4.17. The third-order valence-corrected chi connectivity index (χ3v) is 6.33. The molecule has 158 valence electrons. The van der Waals surface area contributed by atoms with E-state index < -0.39 is 0 Å². The van der Waals surface area contributed by atoms with Gasteiger partial charge in [-0.25, -0.2) is 4.98 Å². The third-order valence-electron chi connectivity index (χ3n) is 6.33. The lowest BCUT2D eigenvalue weighted by Gasteiger charge is -2.27. The molecular weight excluding hydrogens is 376 g/mol. The molecule has 0 bridgehead atoms. The molecule has 2 aliphatic rings. The number of anilines is 1. The van der Waals surface area contributed by atoms with E-state index in [1.54, 1.807) is 0 Å². The molecule has 1 aromatic carbocycles. The summed E-state index contributed by atoms with van der Waals surface area (Å²) in [6.07, 6.45) is 9.91. The molecule has 3 heterocycles. The highest BCUT2D eigenvalue weighted by Crippen LogP contribution is 2.32. The Morgan fingerprint density at radius 2 is 2.03 bits per heavy atom. The lowest BCUT2D eigenvalue weighted by Crippen LogP contribution is -2.26. The summed E-state index contributed by atoms with van der Waals surface area (Å²) in [5.74, 6) is 2.14. The van der Waals surface area contributed by atoms with Gasteiger partial charge < -0.3 is 15.4 Å². The van der Waals surface area contributed by atoms with Crippen molar-refractivity contribution >= 4 is 16.9 Å². The molecule has 2 aromatic heterocycles. The Kier molecular flexibility index (Phi) is 5.29. The number of fused-ring (bicyclic) bond motifs is 1. The zero-order chi connectivity index (χ0) is 20.5. The van der Waals surface area contributed by atoms with Gasteiger partial charge in [0.05, 0.1) is 11.1 Å². The van der Waals surface area contributed by atoms with Crippen molar-refractivity contribution in [2.24, 2.45) is 13.0 Å². The highest BCUT2D eigenvalue weighted by atomic mass is 16.5. The SMILES string of the molecule is CC1CCC(Nc2ncc(-c3ccc4cn(C)nc4c3)c(OC3CCNC3)n2)CC1. The van der Waals surface area contributed by atoms with Crippen LogP contribution in [0.5, 0.6) is 5.88 Å². The maximum atomic E-state index is 6.35. The fourth-order valence-corrected chi connectivity index (χ4v) is 4.50. The van der Waals surface area contributed by atoms with E-state index in [2.05, 4.69) is 45.8 Å². The number of aromatic nitrogens is 4. The lowest BCUT2D eigenvalue weighted by molar-refractivity contribution is 0.215. The van der Waals surface area contributed by atoms with E-state index in [-0.39, 0.29) is 6.10 Å². The zero-order valence-electron chi connectivity index (χ0n) is 17.8. The first kappa shape index (κ1) is 19.3. The van der Waals surface area contributed by atoms with Crippen LogP contribution in [0.15, 0.2) is 30.6 Å². The first-order valence-corrected chi connectivity index (χ1v) is 11.1. The van der Waals surface area contributed by atoms with Gasteiger partial charge in [-0.05, 0) is 56.2 Å². The smallest absolute Gasteiger partial charge is 0.226 e. The highest BCUT2D eigenvalue weighted by Gasteiger charge is 2.22. The minimum absolute atomic E-state index is 0.139. The molecule has 0 amide bonds. The maximum Gasteiger partial charge on any atom is 0.226 e. The molecule has 2 fully saturated rings. The summed E-state index contributed by atoms with van der Waals surface area (Å²) >= 11 is 0. The van der Waals surface area contributed by atoms with Crippen molar-refractivity contribution in [3.63, 3.8) is 0 Å². The van der Waals surface area contributed by atoms with Gasteiger partial charge >= 0.3 is 0 Å². The van der Waals surface area contributed by atoms with Crippen LogP contribution in [0.2, 0.25) is 0 Å². The first-order valence-electron chi connectivity index (χ1n) is 11.1. The van der Waals surface area contributed by atoms with Gasteiger partial charge in [0.15, 0.2) is 0 Å². The number of benzene rings is 1. The summed E-state index contributed by atoms with van der Waals surface area (Å²) in [7, 11) is 1.94. The van der Waals surface area contributed by atoms with Gasteiger partial charge in [-0.2, -0.15) is 10.1 Å². The van der Waals surface area contributed by atoms with Gasteiger partial charge in [0.2, 0.25) is 11.8 Å². The molecule has 3 aromatic rings. The molecule has 1 aliphatic heterocycles. The molecule has 30 heavy (non-hydrogen) atoms. The average molecular weight is 407 g/mol. The molecule has 1 saturated carbocycles. The van der Waals surface area contributed by atoms with Crippen molar-refractivity contribution in [2.75, 3.05) is 18.4 Å². The second kappa shape index (κ2) is 8.22. The Bertz CT molecular complexity index is 1020. The van der Waals surface area contributed by atoms with Gasteiger partial charge in [-0.1, -0.05) is 19.1 Å². The molecule has 1 atom stereocenters. The second-order valence-corrected chi connectivity index (χ2v) is 8.82. The van der Waals surface area contributed by atoms with Crippen LogP contribution < -0.4 is 15.4 Å². The predicted octanol–water partition coefficient (Wildman–Crippen LogP) is 3.76. The van der Waals surface area contributed by atoms with E-state index in [1.807, 2.05) is 24.1 Å². The molecule has 0 radical (unpaired) electrons. The highest BCUT2D eigenvalue weighted by molar-refractivity contribution is 5.84. The maximum absolute atomic E-state index is 6.35. The van der Waals surface area contributed by atoms with Crippen molar-refractivity contribution in [2.45, 2.75) is 51.2 Å². The van der Waals surface area contributed by atoms with Crippen LogP contribution in [0.4, 0.5) is 5.95 Å². The Balaban J connectivity index is 1.45. The number of aryl methyl sites for hydroxylation is 1. The molecule has 7 heteroatoms. The molecular formula is C23H30N6O. The van der Waals surface area contributed by atoms with Crippen LogP contribution in [0.3, 0.4) is 0 Å². The first-order chi connectivity index (χ1) is 14.6. The van der Waals surface area contributed by atoms with Crippen molar-refractivity contribution in [1.82, 2.24) is 25.1 Å². The molecule has 1 aliphatic carbocycles. The third kappa shape index (κ3) is 4.12. The fraction of sp³-hybridized carbons (Fsp3) is 0.522. The minimum atomic E-state index is 0.139. The molecule has 7 nitrogen and oxygen atoms in total. The number of nitrogens with zero attached hydrogens (tertiary/aromatic N) is 4. The quantitative estimate of drug-likeness (QED) is 0.672. The standard InChI is InChI=1S/C23H30N6O/c1-15-3-7-18(8-4-15)26-23-25-13-20(22(27-23)30-19-9-10-24-12-19)16-5-6-17-14-29(2)28-21(17)11-16/h5-6,11,13-15,18-19,24H,3-4,7-10,12H2,1-2H3,(H,25,26,27). The molecule has 0 spiro atoms. The largest absolute Gasteiger partial charge is 0.472 e. The molecule has 2 N–H and O–H groups in total. The second-order valence-electron chi connectivity index (χ2n) is 8.82. The van der Waals surface area contributed by atoms with Crippen molar-refractivity contribution in [3.8, 4) is 17.0 Å². The van der Waals surface area contributed by atoms with Crippen LogP contribution in [-0.2, 0) is 7.05 Å². The minimum Gasteiger partial charge on any atom is -0.472 e. The van der Waals surface area contributed by atoms with Crippen molar-refractivity contribution in [3.05, 3.63) is 30.6 Å². The van der Waals surface area contributed by atoms with Crippen LogP contribution in [0.1, 0.15) is 39.0 Å². The topological polar surface area (TPSA) is 76.9 Å². The summed E-state index contributed by atoms with van der Waals surface area (Å²) in [5, 5.41) is 12.6. The van der Waals surface area contributed by atoms with Gasteiger partial charge in [-0.15, -0.1) is 0 Å². The van der Waals surface area contributed by atoms with Crippen LogP contribution >= 0.6 is 0 Å². The van der Waals surface area contributed by atoms with E-state index in [0.29, 0.717) is 17.9 Å². The van der Waals surface area contributed by atoms with E-state index in [1.165, 1.54) is 25.7 Å². The fourth-order valence-electron chi connectivity index (χ4n) is 4.50. The number of hydrogen-bond donors (Lipinski definition) is 2. The van der Waals surface area contributed by atoms with Crippen molar-refractivity contribution in [1.29, 1.82) is 0 Å². The summed E-state index contributed by atoms with van der Waals surface area (Å²) in [5.41, 5.74) is 2.90. The van der Waals surface area contributed by atoms with Crippen LogP contribution in [0.25, 0.3) is 22.0 Å². The number of nitrogens with one attached hydrogen (secondary N) is 2. The Labute approximate surface area is 177 Å². The number of ether oxygens (including phenoxy) is 1. The number of hydrogen-bond acceptors (Lipinski definition) is 6. The van der Waals surface area contributed by atoms with E-state index in [4.69, 9.17) is 9.72 Å². The summed E-state index contributed by atoms with van der Waals surface area (Å²) in [4.78, 5) is 9.46.